The number of aliphatic imine (C=N–C) groups is 1. The summed E-state index contributed by atoms with van der Waals surface area (Å²) in [6, 6.07) is 14.5. The average molecular weight is 395 g/mol. The van der Waals surface area contributed by atoms with Gasteiger partial charge in [0.15, 0.2) is 5.96 Å². The second-order valence-corrected chi connectivity index (χ2v) is 8.34. The van der Waals surface area contributed by atoms with Gasteiger partial charge in [-0.1, -0.05) is 36.8 Å². The molecule has 1 unspecified atom stereocenters. The molecule has 0 bridgehead atoms. The average Bonchev–Trinajstić information content (AvgIpc) is 3.44. The lowest BCUT2D eigenvalue weighted by atomic mass is 10.1. The summed E-state index contributed by atoms with van der Waals surface area (Å²) in [5.74, 6) is 2.81. The highest BCUT2D eigenvalue weighted by atomic mass is 16.3. The van der Waals surface area contributed by atoms with Gasteiger partial charge in [0.2, 0.25) is 0 Å². The van der Waals surface area contributed by atoms with E-state index in [9.17, 15) is 0 Å². The molecule has 2 aliphatic heterocycles. The van der Waals surface area contributed by atoms with Crippen molar-refractivity contribution in [2.24, 2.45) is 10.9 Å². The summed E-state index contributed by atoms with van der Waals surface area (Å²) in [4.78, 5) is 10.1. The fraction of sp³-hybridized carbons (Fsp3) is 0.542. The number of piperidine rings is 1. The summed E-state index contributed by atoms with van der Waals surface area (Å²) in [5, 5.41) is 3.60. The Labute approximate surface area is 174 Å². The van der Waals surface area contributed by atoms with Gasteiger partial charge in [-0.2, -0.15) is 0 Å². The molecule has 0 aliphatic carbocycles. The fourth-order valence-electron chi connectivity index (χ4n) is 4.45. The molecular formula is C24H34N4O. The first-order chi connectivity index (χ1) is 14.4. The van der Waals surface area contributed by atoms with Gasteiger partial charge in [-0.05, 0) is 56.0 Å². The Balaban J connectivity index is 1.34. The molecule has 1 N–H and O–H groups in total. The van der Waals surface area contributed by atoms with E-state index in [1.165, 1.54) is 50.9 Å². The molecule has 1 aromatic heterocycles. The normalized spacial score (nSPS) is 20.9. The highest BCUT2D eigenvalue weighted by Crippen LogP contribution is 2.20. The quantitative estimate of drug-likeness (QED) is 0.573. The molecule has 4 rings (SSSR count). The van der Waals surface area contributed by atoms with Crippen LogP contribution in [0, 0.1) is 5.92 Å². The largest absolute Gasteiger partial charge is 0.469 e. The third kappa shape index (κ3) is 6.10. The van der Waals surface area contributed by atoms with E-state index >= 15 is 0 Å². The molecule has 0 radical (unpaired) electrons. The zero-order valence-electron chi connectivity index (χ0n) is 17.4. The Hall–Kier alpha value is -2.27. The zero-order chi connectivity index (χ0) is 19.7. The first kappa shape index (κ1) is 20.0. The summed E-state index contributed by atoms with van der Waals surface area (Å²) in [6.07, 6.45) is 8.03. The molecule has 2 aliphatic rings. The number of likely N-dealkylation sites (tertiary alicyclic amines) is 2. The maximum absolute atomic E-state index is 5.47. The van der Waals surface area contributed by atoms with Gasteiger partial charge in [-0.15, -0.1) is 0 Å². The molecule has 5 nitrogen and oxygen atoms in total. The number of hydrogen-bond acceptors (Lipinski definition) is 3. The van der Waals surface area contributed by atoms with Crippen LogP contribution >= 0.6 is 0 Å². The Morgan fingerprint density at radius 2 is 1.90 bits per heavy atom. The topological polar surface area (TPSA) is 44.0 Å². The number of nitrogens with zero attached hydrogens (tertiary/aromatic N) is 3. The van der Waals surface area contributed by atoms with Crippen molar-refractivity contribution >= 4 is 5.96 Å². The molecule has 5 heteroatoms. The van der Waals surface area contributed by atoms with Crippen molar-refractivity contribution in [3.8, 4) is 0 Å². The van der Waals surface area contributed by atoms with Crippen LogP contribution in [0.15, 0.2) is 58.1 Å². The number of guanidine groups is 1. The summed E-state index contributed by atoms with van der Waals surface area (Å²) >= 11 is 0. The molecule has 0 spiro atoms. The molecule has 1 aromatic carbocycles. The number of hydrogen-bond donors (Lipinski definition) is 1. The van der Waals surface area contributed by atoms with E-state index in [1.807, 2.05) is 12.1 Å². The highest BCUT2D eigenvalue weighted by molar-refractivity contribution is 5.80. The third-order valence-corrected chi connectivity index (χ3v) is 6.04. The van der Waals surface area contributed by atoms with E-state index in [0.29, 0.717) is 0 Å². The van der Waals surface area contributed by atoms with Crippen molar-refractivity contribution in [3.05, 3.63) is 60.1 Å². The molecule has 2 fully saturated rings. The molecule has 29 heavy (non-hydrogen) atoms. The van der Waals surface area contributed by atoms with Gasteiger partial charge in [0.25, 0.3) is 0 Å². The van der Waals surface area contributed by atoms with E-state index < -0.39 is 0 Å². The SMILES string of the molecule is c1ccc(CN=C(NCCc2ccco2)N2CCC(CN3CCCCC3)C2)cc1. The van der Waals surface area contributed by atoms with Crippen molar-refractivity contribution in [1.82, 2.24) is 15.1 Å². The smallest absolute Gasteiger partial charge is 0.194 e. The Morgan fingerprint density at radius 3 is 2.69 bits per heavy atom. The van der Waals surface area contributed by atoms with Gasteiger partial charge in [0, 0.05) is 32.6 Å². The van der Waals surface area contributed by atoms with E-state index in [4.69, 9.17) is 9.41 Å². The number of rotatable bonds is 7. The first-order valence-corrected chi connectivity index (χ1v) is 11.2. The minimum atomic E-state index is 0.719. The van der Waals surface area contributed by atoms with Crippen molar-refractivity contribution in [1.29, 1.82) is 0 Å². The maximum Gasteiger partial charge on any atom is 0.194 e. The summed E-state index contributed by atoms with van der Waals surface area (Å²) < 4.78 is 5.47. The van der Waals surface area contributed by atoms with Crippen LogP contribution < -0.4 is 5.32 Å². The standard InChI is InChI=1S/C24H34N4O/c1-3-8-21(9-4-1)18-26-24(25-13-11-23-10-7-17-29-23)28-16-12-22(20-28)19-27-14-5-2-6-15-27/h1,3-4,7-10,17,22H,2,5-6,11-16,18-20H2,(H,25,26). The highest BCUT2D eigenvalue weighted by Gasteiger charge is 2.27. The number of benzene rings is 1. The van der Waals surface area contributed by atoms with E-state index in [0.717, 1.165) is 50.2 Å². The van der Waals surface area contributed by atoms with Crippen molar-refractivity contribution < 1.29 is 4.42 Å². The first-order valence-electron chi connectivity index (χ1n) is 11.2. The molecule has 2 aromatic rings. The fourth-order valence-corrected chi connectivity index (χ4v) is 4.45. The predicted octanol–water partition coefficient (Wildman–Crippen LogP) is 3.78. The molecule has 0 saturated carbocycles. The molecule has 1 atom stereocenters. The molecular weight excluding hydrogens is 360 g/mol. The van der Waals surface area contributed by atoms with E-state index in [-0.39, 0.29) is 0 Å². The number of nitrogens with one attached hydrogen (secondary N) is 1. The molecule has 156 valence electrons. The van der Waals surface area contributed by atoms with Crippen molar-refractivity contribution in [3.63, 3.8) is 0 Å². The van der Waals surface area contributed by atoms with Gasteiger partial charge >= 0.3 is 0 Å². The zero-order valence-corrected chi connectivity index (χ0v) is 17.4. The van der Waals surface area contributed by atoms with Crippen LogP contribution in [0.25, 0.3) is 0 Å². The molecule has 3 heterocycles. The summed E-state index contributed by atoms with van der Waals surface area (Å²) in [6.45, 7) is 7.58. The second kappa shape index (κ2) is 10.5. The van der Waals surface area contributed by atoms with Crippen LogP contribution in [0.1, 0.15) is 37.0 Å². The van der Waals surface area contributed by atoms with Crippen molar-refractivity contribution in [2.75, 3.05) is 39.3 Å². The Bertz CT molecular complexity index is 738. The predicted molar refractivity (Wildman–Crippen MR) is 118 cm³/mol. The number of furan rings is 1. The van der Waals surface area contributed by atoms with Gasteiger partial charge in [0.1, 0.15) is 5.76 Å². The minimum Gasteiger partial charge on any atom is -0.469 e. The second-order valence-electron chi connectivity index (χ2n) is 8.34. The lowest BCUT2D eigenvalue weighted by molar-refractivity contribution is 0.198. The Morgan fingerprint density at radius 1 is 1.03 bits per heavy atom. The van der Waals surface area contributed by atoms with Crippen LogP contribution in [-0.4, -0.2) is 55.0 Å². The summed E-state index contributed by atoms with van der Waals surface area (Å²) in [7, 11) is 0. The monoisotopic (exact) mass is 394 g/mol. The van der Waals surface area contributed by atoms with Crippen LogP contribution in [0.2, 0.25) is 0 Å². The summed E-state index contributed by atoms with van der Waals surface area (Å²) in [5.41, 5.74) is 1.25. The van der Waals surface area contributed by atoms with Gasteiger partial charge in [0.05, 0.1) is 12.8 Å². The Kier molecular flexibility index (Phi) is 7.24. The minimum absolute atomic E-state index is 0.719. The van der Waals surface area contributed by atoms with Crippen LogP contribution in [0.5, 0.6) is 0 Å². The third-order valence-electron chi connectivity index (χ3n) is 6.04. The van der Waals surface area contributed by atoms with Crippen LogP contribution in [0.3, 0.4) is 0 Å². The van der Waals surface area contributed by atoms with Crippen LogP contribution in [-0.2, 0) is 13.0 Å². The van der Waals surface area contributed by atoms with E-state index in [1.54, 1.807) is 6.26 Å². The van der Waals surface area contributed by atoms with Gasteiger partial charge < -0.3 is 19.5 Å². The van der Waals surface area contributed by atoms with Crippen LogP contribution in [0.4, 0.5) is 0 Å². The van der Waals surface area contributed by atoms with E-state index in [2.05, 4.69) is 45.4 Å². The molecule has 2 saturated heterocycles. The lowest BCUT2D eigenvalue weighted by Gasteiger charge is -2.29. The lowest BCUT2D eigenvalue weighted by Crippen LogP contribution is -2.42. The van der Waals surface area contributed by atoms with Crippen molar-refractivity contribution in [2.45, 2.75) is 38.6 Å². The van der Waals surface area contributed by atoms with Gasteiger partial charge in [-0.25, -0.2) is 4.99 Å². The van der Waals surface area contributed by atoms with Gasteiger partial charge in [-0.3, -0.25) is 0 Å². The molecule has 0 amide bonds. The maximum atomic E-state index is 5.47.